The zero-order valence-corrected chi connectivity index (χ0v) is 14.5. The summed E-state index contributed by atoms with van der Waals surface area (Å²) in [6.07, 6.45) is 3.29. The monoisotopic (exact) mass is 376 g/mol. The van der Waals surface area contributed by atoms with Gasteiger partial charge in [-0.3, -0.25) is 4.98 Å². The molecule has 1 fully saturated rings. The van der Waals surface area contributed by atoms with Gasteiger partial charge in [-0.2, -0.15) is 9.29 Å². The highest BCUT2D eigenvalue weighted by atomic mass is 35.5. The van der Waals surface area contributed by atoms with Gasteiger partial charge in [0.15, 0.2) is 0 Å². The molecule has 4 rings (SSSR count). The van der Waals surface area contributed by atoms with Crippen molar-refractivity contribution in [1.29, 1.82) is 0 Å². The van der Waals surface area contributed by atoms with Gasteiger partial charge in [0.05, 0.1) is 10.8 Å². The fourth-order valence-corrected chi connectivity index (χ4v) is 4.42. The molecule has 7 nitrogen and oxygen atoms in total. The molecule has 0 aliphatic carbocycles. The summed E-state index contributed by atoms with van der Waals surface area (Å²) >= 11 is 5.88. The highest BCUT2D eigenvalue weighted by Crippen LogP contribution is 2.32. The van der Waals surface area contributed by atoms with Crippen LogP contribution in [0.5, 0.6) is 0 Å². The van der Waals surface area contributed by atoms with E-state index in [2.05, 4.69) is 15.1 Å². The second-order valence-corrected chi connectivity index (χ2v) is 8.04. The second kappa shape index (κ2) is 6.21. The summed E-state index contributed by atoms with van der Waals surface area (Å²) in [4.78, 5) is 8.48. The van der Waals surface area contributed by atoms with Crippen molar-refractivity contribution in [3.8, 4) is 11.4 Å². The molecular formula is C16H13ClN4O3S. The zero-order valence-electron chi connectivity index (χ0n) is 12.9. The summed E-state index contributed by atoms with van der Waals surface area (Å²) in [6.45, 7) is 0.597. The summed E-state index contributed by atoms with van der Waals surface area (Å²) in [5.41, 5.74) is 0.799. The number of rotatable bonds is 4. The summed E-state index contributed by atoms with van der Waals surface area (Å²) in [6, 6.07) is 9.79. The summed E-state index contributed by atoms with van der Waals surface area (Å²) in [5, 5.41) is 4.33. The molecule has 0 spiro atoms. The third kappa shape index (κ3) is 3.04. The van der Waals surface area contributed by atoms with Gasteiger partial charge in [-0.05, 0) is 30.3 Å². The zero-order chi connectivity index (χ0) is 17.4. The number of benzene rings is 1. The Kier molecular flexibility index (Phi) is 4.03. The van der Waals surface area contributed by atoms with E-state index in [0.717, 1.165) is 5.56 Å². The lowest BCUT2D eigenvalue weighted by atomic mass is 10.0. The van der Waals surface area contributed by atoms with Crippen molar-refractivity contribution in [2.45, 2.75) is 10.8 Å². The van der Waals surface area contributed by atoms with Crippen LogP contribution in [0.4, 0.5) is 0 Å². The van der Waals surface area contributed by atoms with Crippen molar-refractivity contribution in [2.24, 2.45) is 0 Å². The molecule has 0 amide bonds. The summed E-state index contributed by atoms with van der Waals surface area (Å²) in [7, 11) is -3.56. The van der Waals surface area contributed by atoms with E-state index in [1.807, 2.05) is 0 Å². The van der Waals surface area contributed by atoms with E-state index in [-0.39, 0.29) is 10.8 Å². The van der Waals surface area contributed by atoms with Gasteiger partial charge < -0.3 is 4.52 Å². The molecule has 25 heavy (non-hydrogen) atoms. The van der Waals surface area contributed by atoms with E-state index >= 15 is 0 Å². The first-order chi connectivity index (χ1) is 12.0. The Morgan fingerprint density at radius 2 is 1.92 bits per heavy atom. The first-order valence-electron chi connectivity index (χ1n) is 7.54. The van der Waals surface area contributed by atoms with Crippen LogP contribution in [-0.2, 0) is 10.0 Å². The minimum absolute atomic E-state index is 0.114. The Labute approximate surface area is 149 Å². The lowest BCUT2D eigenvalue weighted by Crippen LogP contribution is -2.48. The molecule has 0 atom stereocenters. The van der Waals surface area contributed by atoms with Gasteiger partial charge in [0, 0.05) is 36.1 Å². The van der Waals surface area contributed by atoms with E-state index in [9.17, 15) is 8.42 Å². The minimum Gasteiger partial charge on any atom is -0.339 e. The second-order valence-electron chi connectivity index (χ2n) is 5.67. The molecule has 1 aliphatic heterocycles. The number of aromatic nitrogens is 3. The average Bonchev–Trinajstić information content (AvgIpc) is 3.04. The van der Waals surface area contributed by atoms with Crippen molar-refractivity contribution in [1.82, 2.24) is 19.4 Å². The number of pyridine rings is 1. The number of nitrogens with zero attached hydrogens (tertiary/aromatic N) is 4. The third-order valence-electron chi connectivity index (χ3n) is 4.01. The largest absolute Gasteiger partial charge is 0.339 e. The average molecular weight is 377 g/mol. The fraction of sp³-hybridized carbons (Fsp3) is 0.188. The molecule has 0 radical (unpaired) electrons. The Hall–Kier alpha value is -2.29. The van der Waals surface area contributed by atoms with Crippen molar-refractivity contribution in [3.63, 3.8) is 0 Å². The van der Waals surface area contributed by atoms with Crippen molar-refractivity contribution < 1.29 is 12.9 Å². The van der Waals surface area contributed by atoms with E-state index < -0.39 is 10.0 Å². The number of hydrogen-bond acceptors (Lipinski definition) is 6. The fourth-order valence-electron chi connectivity index (χ4n) is 2.59. The molecule has 0 N–H and O–H groups in total. The Bertz CT molecular complexity index is 1000. The van der Waals surface area contributed by atoms with Crippen LogP contribution in [-0.4, -0.2) is 40.9 Å². The number of hydrogen-bond donors (Lipinski definition) is 0. The van der Waals surface area contributed by atoms with Crippen molar-refractivity contribution in [2.75, 3.05) is 13.1 Å². The maximum Gasteiger partial charge on any atom is 0.243 e. The first-order valence-corrected chi connectivity index (χ1v) is 9.35. The molecule has 0 unspecified atom stereocenters. The van der Waals surface area contributed by atoms with Crippen LogP contribution in [0.15, 0.2) is 58.2 Å². The van der Waals surface area contributed by atoms with Gasteiger partial charge in [-0.15, -0.1) is 0 Å². The van der Waals surface area contributed by atoms with Crippen LogP contribution in [0.2, 0.25) is 5.02 Å². The maximum atomic E-state index is 12.6. The van der Waals surface area contributed by atoms with E-state index in [0.29, 0.717) is 29.8 Å². The summed E-state index contributed by atoms with van der Waals surface area (Å²) in [5.74, 6) is 0.787. The minimum atomic E-state index is -3.56. The predicted octanol–water partition coefficient (Wildman–Crippen LogP) is 2.57. The van der Waals surface area contributed by atoms with Crippen LogP contribution in [0.3, 0.4) is 0 Å². The Balaban J connectivity index is 1.48. The molecule has 1 saturated heterocycles. The molecule has 2 aromatic heterocycles. The van der Waals surface area contributed by atoms with Gasteiger partial charge in [0.25, 0.3) is 0 Å². The van der Waals surface area contributed by atoms with E-state index in [1.165, 1.54) is 16.4 Å². The van der Waals surface area contributed by atoms with Gasteiger partial charge >= 0.3 is 0 Å². The van der Waals surface area contributed by atoms with Crippen LogP contribution in [0.25, 0.3) is 11.4 Å². The molecule has 3 aromatic rings. The smallest absolute Gasteiger partial charge is 0.243 e. The molecule has 128 valence electrons. The van der Waals surface area contributed by atoms with Crippen molar-refractivity contribution in [3.05, 3.63) is 59.7 Å². The highest BCUT2D eigenvalue weighted by molar-refractivity contribution is 7.89. The molecule has 1 aromatic carbocycles. The number of sulfonamides is 1. The van der Waals surface area contributed by atoms with Crippen LogP contribution in [0, 0.1) is 0 Å². The van der Waals surface area contributed by atoms with Crippen LogP contribution in [0.1, 0.15) is 11.8 Å². The molecule has 9 heteroatoms. The normalized spacial score (nSPS) is 15.9. The SMILES string of the molecule is O=S(=O)(c1cccc(Cl)c1)N1CC(c2nc(-c3ccncc3)no2)C1. The summed E-state index contributed by atoms with van der Waals surface area (Å²) < 4.78 is 31.8. The molecule has 0 bridgehead atoms. The topological polar surface area (TPSA) is 89.2 Å². The lowest BCUT2D eigenvalue weighted by Gasteiger charge is -2.35. The third-order valence-corrected chi connectivity index (χ3v) is 6.07. The standard InChI is InChI=1S/C16H13ClN4O3S/c17-13-2-1-3-14(8-13)25(22,23)21-9-12(10-21)16-19-15(20-24-16)11-4-6-18-7-5-11/h1-8,12H,9-10H2. The molecular weight excluding hydrogens is 364 g/mol. The molecule has 3 heterocycles. The van der Waals surface area contributed by atoms with E-state index in [4.69, 9.17) is 16.1 Å². The maximum absolute atomic E-state index is 12.6. The predicted molar refractivity (Wildman–Crippen MR) is 90.5 cm³/mol. The van der Waals surface area contributed by atoms with Crippen LogP contribution < -0.4 is 0 Å². The quantitative estimate of drug-likeness (QED) is 0.695. The molecule has 0 saturated carbocycles. The highest BCUT2D eigenvalue weighted by Gasteiger charge is 2.40. The number of halogens is 1. The molecule has 1 aliphatic rings. The van der Waals surface area contributed by atoms with Gasteiger partial charge in [-0.1, -0.05) is 22.8 Å². The van der Waals surface area contributed by atoms with E-state index in [1.54, 1.807) is 36.7 Å². The Morgan fingerprint density at radius 1 is 1.16 bits per heavy atom. The van der Waals surface area contributed by atoms with Gasteiger partial charge in [0.1, 0.15) is 0 Å². The van der Waals surface area contributed by atoms with Gasteiger partial charge in [-0.25, -0.2) is 8.42 Å². The van der Waals surface area contributed by atoms with Gasteiger partial charge in [0.2, 0.25) is 21.7 Å². The van der Waals surface area contributed by atoms with Crippen molar-refractivity contribution >= 4 is 21.6 Å². The lowest BCUT2D eigenvalue weighted by molar-refractivity contribution is 0.217. The van der Waals surface area contributed by atoms with Crippen LogP contribution >= 0.6 is 11.6 Å². The first kappa shape index (κ1) is 16.2. The Morgan fingerprint density at radius 3 is 2.64 bits per heavy atom.